The second kappa shape index (κ2) is 4.10. The molecule has 0 radical (unpaired) electrons. The summed E-state index contributed by atoms with van der Waals surface area (Å²) >= 11 is 0. The first kappa shape index (κ1) is 12.2. The fraction of sp³-hybridized carbons (Fsp3) is 0.294. The zero-order chi connectivity index (χ0) is 13.6. The lowest BCUT2D eigenvalue weighted by molar-refractivity contribution is 0.00353. The number of hydrogen-bond donors (Lipinski definition) is 1. The van der Waals surface area contributed by atoms with Gasteiger partial charge in [-0.2, -0.15) is 0 Å². The monoisotopic (exact) mass is 254 g/mol. The predicted molar refractivity (Wildman–Crippen MR) is 77.7 cm³/mol. The molecule has 0 aromatic heterocycles. The zero-order valence-electron chi connectivity index (χ0n) is 11.4. The molecule has 0 saturated heterocycles. The van der Waals surface area contributed by atoms with Crippen molar-refractivity contribution in [3.8, 4) is 5.75 Å². The number of rotatable bonds is 2. The Labute approximate surface area is 113 Å². The van der Waals surface area contributed by atoms with E-state index in [4.69, 9.17) is 4.74 Å². The molecule has 1 aliphatic rings. The average Bonchev–Trinajstić information content (AvgIpc) is 2.37. The molecule has 1 unspecified atom stereocenters. The van der Waals surface area contributed by atoms with Crippen LogP contribution in [0.5, 0.6) is 5.75 Å². The molecule has 0 bridgehead atoms. The van der Waals surface area contributed by atoms with Crippen LogP contribution in [0.2, 0.25) is 0 Å². The van der Waals surface area contributed by atoms with Gasteiger partial charge in [-0.05, 0) is 42.3 Å². The molecule has 0 saturated carbocycles. The van der Waals surface area contributed by atoms with Gasteiger partial charge in [0.25, 0.3) is 0 Å². The van der Waals surface area contributed by atoms with Crippen molar-refractivity contribution in [2.75, 3.05) is 6.61 Å². The summed E-state index contributed by atoms with van der Waals surface area (Å²) in [5.74, 6) is 0.907. The Hall–Kier alpha value is -1.80. The lowest BCUT2D eigenvalue weighted by Crippen LogP contribution is -2.33. The first-order valence-electron chi connectivity index (χ1n) is 6.56. The summed E-state index contributed by atoms with van der Waals surface area (Å²) in [6, 6.07) is 8.29. The SMILES string of the molecule is C=CCc1ccc2c3c(c(C)ccc13)OCC2(C)O. The molecule has 2 heteroatoms. The Bertz CT molecular complexity index is 669. The van der Waals surface area contributed by atoms with Crippen LogP contribution in [0.4, 0.5) is 0 Å². The molecule has 0 fully saturated rings. The molecule has 0 amide bonds. The van der Waals surface area contributed by atoms with Gasteiger partial charge in [-0.3, -0.25) is 0 Å². The molecule has 3 rings (SSSR count). The minimum Gasteiger partial charge on any atom is -0.489 e. The van der Waals surface area contributed by atoms with Crippen LogP contribution in [-0.4, -0.2) is 11.7 Å². The third kappa shape index (κ3) is 1.75. The van der Waals surface area contributed by atoms with Gasteiger partial charge < -0.3 is 9.84 Å². The summed E-state index contributed by atoms with van der Waals surface area (Å²) in [6.45, 7) is 7.96. The smallest absolute Gasteiger partial charge is 0.130 e. The Morgan fingerprint density at radius 2 is 2.16 bits per heavy atom. The Balaban J connectivity index is 2.42. The largest absolute Gasteiger partial charge is 0.489 e. The summed E-state index contributed by atoms with van der Waals surface area (Å²) in [5.41, 5.74) is 2.36. The van der Waals surface area contributed by atoms with E-state index in [1.807, 2.05) is 19.1 Å². The van der Waals surface area contributed by atoms with E-state index in [1.54, 1.807) is 6.92 Å². The quantitative estimate of drug-likeness (QED) is 0.831. The van der Waals surface area contributed by atoms with Crippen LogP contribution in [0, 0.1) is 6.92 Å². The number of ether oxygens (including phenoxy) is 1. The van der Waals surface area contributed by atoms with Gasteiger partial charge in [-0.1, -0.05) is 30.3 Å². The minimum atomic E-state index is -0.925. The zero-order valence-corrected chi connectivity index (χ0v) is 11.4. The first-order chi connectivity index (χ1) is 9.04. The van der Waals surface area contributed by atoms with Gasteiger partial charge in [0.15, 0.2) is 0 Å². The summed E-state index contributed by atoms with van der Waals surface area (Å²) in [7, 11) is 0. The van der Waals surface area contributed by atoms with Crippen LogP contribution in [0.25, 0.3) is 10.8 Å². The van der Waals surface area contributed by atoms with Crippen LogP contribution in [0.1, 0.15) is 23.6 Å². The maximum absolute atomic E-state index is 10.5. The fourth-order valence-corrected chi connectivity index (χ4v) is 2.84. The normalized spacial score (nSPS) is 21.2. The second-order valence-electron chi connectivity index (χ2n) is 5.46. The predicted octanol–water partition coefficient (Wildman–Crippen LogP) is 3.48. The van der Waals surface area contributed by atoms with Crippen LogP contribution in [0.15, 0.2) is 36.9 Å². The molecular weight excluding hydrogens is 236 g/mol. The molecule has 0 spiro atoms. The van der Waals surface area contributed by atoms with Crippen molar-refractivity contribution in [1.29, 1.82) is 0 Å². The summed E-state index contributed by atoms with van der Waals surface area (Å²) in [5, 5.41) is 12.7. The van der Waals surface area contributed by atoms with Gasteiger partial charge in [0.05, 0.1) is 0 Å². The van der Waals surface area contributed by atoms with E-state index in [2.05, 4.69) is 24.8 Å². The maximum atomic E-state index is 10.5. The van der Waals surface area contributed by atoms with Crippen molar-refractivity contribution in [3.63, 3.8) is 0 Å². The maximum Gasteiger partial charge on any atom is 0.130 e. The van der Waals surface area contributed by atoms with Gasteiger partial charge in [0.2, 0.25) is 0 Å². The highest BCUT2D eigenvalue weighted by molar-refractivity contribution is 5.96. The third-order valence-electron chi connectivity index (χ3n) is 3.86. The minimum absolute atomic E-state index is 0.306. The van der Waals surface area contributed by atoms with Gasteiger partial charge >= 0.3 is 0 Å². The Morgan fingerprint density at radius 3 is 2.89 bits per heavy atom. The summed E-state index contributed by atoms with van der Waals surface area (Å²) < 4.78 is 5.80. The number of hydrogen-bond acceptors (Lipinski definition) is 2. The van der Waals surface area contributed by atoms with Gasteiger partial charge in [-0.25, -0.2) is 0 Å². The number of aryl methyl sites for hydroxylation is 1. The van der Waals surface area contributed by atoms with Crippen LogP contribution >= 0.6 is 0 Å². The van der Waals surface area contributed by atoms with Crippen LogP contribution in [-0.2, 0) is 12.0 Å². The topological polar surface area (TPSA) is 29.5 Å². The molecule has 19 heavy (non-hydrogen) atoms. The number of benzene rings is 2. The van der Waals surface area contributed by atoms with Gasteiger partial charge in [0, 0.05) is 5.39 Å². The standard InChI is InChI=1S/C17H18O2/c1-4-5-12-7-9-14-15-13(12)8-6-11(2)16(15)19-10-17(14,3)18/h4,6-9,18H,1,5,10H2,2-3H3. The first-order valence-corrected chi connectivity index (χ1v) is 6.56. The van der Waals surface area contributed by atoms with E-state index >= 15 is 0 Å². The Kier molecular flexibility index (Phi) is 2.64. The molecule has 1 atom stereocenters. The average molecular weight is 254 g/mol. The van der Waals surface area contributed by atoms with Crippen molar-refractivity contribution in [2.45, 2.75) is 25.9 Å². The highest BCUT2D eigenvalue weighted by Crippen LogP contribution is 2.42. The molecule has 1 aliphatic heterocycles. The van der Waals surface area contributed by atoms with Gasteiger partial charge in [0.1, 0.15) is 18.0 Å². The molecule has 2 aromatic rings. The highest BCUT2D eigenvalue weighted by Gasteiger charge is 2.32. The summed E-state index contributed by atoms with van der Waals surface area (Å²) in [6.07, 6.45) is 2.72. The second-order valence-corrected chi connectivity index (χ2v) is 5.46. The molecule has 1 N–H and O–H groups in total. The number of aliphatic hydroxyl groups is 1. The van der Waals surface area contributed by atoms with Crippen molar-refractivity contribution in [1.82, 2.24) is 0 Å². The lowest BCUT2D eigenvalue weighted by Gasteiger charge is -2.32. The lowest BCUT2D eigenvalue weighted by atomic mass is 9.86. The fourth-order valence-electron chi connectivity index (χ4n) is 2.84. The third-order valence-corrected chi connectivity index (χ3v) is 3.86. The van der Waals surface area contributed by atoms with Crippen molar-refractivity contribution in [3.05, 3.63) is 53.6 Å². The highest BCUT2D eigenvalue weighted by atomic mass is 16.5. The van der Waals surface area contributed by atoms with E-state index in [9.17, 15) is 5.11 Å². The van der Waals surface area contributed by atoms with Crippen molar-refractivity contribution in [2.24, 2.45) is 0 Å². The molecule has 2 nitrogen and oxygen atoms in total. The van der Waals surface area contributed by atoms with E-state index in [-0.39, 0.29) is 0 Å². The van der Waals surface area contributed by atoms with E-state index < -0.39 is 5.60 Å². The molecular formula is C17H18O2. The molecule has 0 aliphatic carbocycles. The molecule has 1 heterocycles. The van der Waals surface area contributed by atoms with Gasteiger partial charge in [-0.15, -0.1) is 6.58 Å². The summed E-state index contributed by atoms with van der Waals surface area (Å²) in [4.78, 5) is 0. The van der Waals surface area contributed by atoms with Crippen molar-refractivity contribution >= 4 is 10.8 Å². The van der Waals surface area contributed by atoms with E-state index in [1.165, 1.54) is 5.56 Å². The number of allylic oxidation sites excluding steroid dienone is 1. The van der Waals surface area contributed by atoms with Crippen molar-refractivity contribution < 1.29 is 9.84 Å². The molecule has 2 aromatic carbocycles. The van der Waals surface area contributed by atoms with Crippen LogP contribution < -0.4 is 4.74 Å². The Morgan fingerprint density at radius 1 is 1.37 bits per heavy atom. The van der Waals surface area contributed by atoms with E-state index in [0.717, 1.165) is 34.1 Å². The van der Waals surface area contributed by atoms with Crippen LogP contribution in [0.3, 0.4) is 0 Å². The molecule has 98 valence electrons. The van der Waals surface area contributed by atoms with E-state index in [0.29, 0.717) is 6.61 Å².